The molecular weight excluding hydrogens is 353 g/mol. The maximum absolute atomic E-state index is 14.3. The average molecular weight is 373 g/mol. The molecule has 1 aromatic carbocycles. The molecule has 0 spiro atoms. The molecule has 28 heavy (non-hydrogen) atoms. The number of hydrogen-bond donors (Lipinski definition) is 1. The monoisotopic (exact) mass is 373 g/mol. The average Bonchev–Trinajstić information content (AvgIpc) is 2.71. The molecule has 0 unspecified atom stereocenters. The van der Waals surface area contributed by atoms with Gasteiger partial charge in [-0.3, -0.25) is 4.98 Å². The van der Waals surface area contributed by atoms with E-state index in [1.165, 1.54) is 6.07 Å². The van der Waals surface area contributed by atoms with Crippen molar-refractivity contribution >= 4 is 5.82 Å². The third-order valence-electron chi connectivity index (χ3n) is 5.30. The van der Waals surface area contributed by atoms with Gasteiger partial charge in [-0.2, -0.15) is 5.26 Å². The largest absolute Gasteiger partial charge is 0.368 e. The van der Waals surface area contributed by atoms with E-state index >= 15 is 0 Å². The van der Waals surface area contributed by atoms with Crippen LogP contribution in [0.3, 0.4) is 0 Å². The van der Waals surface area contributed by atoms with Gasteiger partial charge in [-0.15, -0.1) is 10.2 Å². The maximum atomic E-state index is 14.3. The minimum Gasteiger partial charge on any atom is -0.368 e. The van der Waals surface area contributed by atoms with Crippen molar-refractivity contribution in [1.29, 1.82) is 5.26 Å². The molecule has 1 saturated carbocycles. The second kappa shape index (κ2) is 7.35. The van der Waals surface area contributed by atoms with Gasteiger partial charge >= 0.3 is 0 Å². The van der Waals surface area contributed by atoms with Crippen molar-refractivity contribution in [3.8, 4) is 17.3 Å². The Morgan fingerprint density at radius 2 is 2.04 bits per heavy atom. The minimum atomic E-state index is -0.313. The highest BCUT2D eigenvalue weighted by Gasteiger charge is 2.46. The Balaban J connectivity index is 1.50. The number of pyridine rings is 1. The van der Waals surface area contributed by atoms with E-state index in [4.69, 9.17) is 5.26 Å². The zero-order valence-electron chi connectivity index (χ0n) is 15.6. The Morgan fingerprint density at radius 3 is 2.71 bits per heavy atom. The lowest BCUT2D eigenvalue weighted by molar-refractivity contribution is 0.159. The quantitative estimate of drug-likeness (QED) is 0.720. The SMILES string of the molecule is C[C@H]1C[C@@](CNc2ccc(-c3cccc(C#N)c3)nn2)(c2ncccc2F)C1. The summed E-state index contributed by atoms with van der Waals surface area (Å²) in [7, 11) is 0. The van der Waals surface area contributed by atoms with Gasteiger partial charge in [0.1, 0.15) is 11.6 Å². The first-order valence-electron chi connectivity index (χ1n) is 9.29. The summed E-state index contributed by atoms with van der Waals surface area (Å²) < 4.78 is 14.3. The first-order chi connectivity index (χ1) is 13.6. The van der Waals surface area contributed by atoms with E-state index in [-0.39, 0.29) is 11.2 Å². The molecule has 4 rings (SSSR count). The van der Waals surface area contributed by atoms with Crippen LogP contribution in [0.4, 0.5) is 10.2 Å². The highest BCUT2D eigenvalue weighted by Crippen LogP contribution is 2.47. The molecule has 1 aliphatic rings. The lowest BCUT2D eigenvalue weighted by Gasteiger charge is -2.46. The van der Waals surface area contributed by atoms with Gasteiger partial charge in [-0.1, -0.05) is 19.1 Å². The fourth-order valence-corrected chi connectivity index (χ4v) is 4.06. The summed E-state index contributed by atoms with van der Waals surface area (Å²) in [6, 6.07) is 16.2. The van der Waals surface area contributed by atoms with Crippen molar-refractivity contribution in [2.75, 3.05) is 11.9 Å². The maximum Gasteiger partial charge on any atom is 0.148 e. The molecule has 1 N–H and O–H groups in total. The summed E-state index contributed by atoms with van der Waals surface area (Å²) in [4.78, 5) is 4.31. The number of anilines is 1. The summed E-state index contributed by atoms with van der Waals surface area (Å²) in [6.45, 7) is 2.73. The van der Waals surface area contributed by atoms with Crippen LogP contribution in [0.2, 0.25) is 0 Å². The Labute approximate surface area is 163 Å². The molecular formula is C22H20FN5. The molecule has 0 atom stereocenters. The summed E-state index contributed by atoms with van der Waals surface area (Å²) in [5.41, 5.74) is 2.34. The predicted molar refractivity (Wildman–Crippen MR) is 105 cm³/mol. The molecule has 0 aliphatic heterocycles. The van der Waals surface area contributed by atoms with Crippen LogP contribution in [0.1, 0.15) is 31.0 Å². The molecule has 3 aromatic rings. The summed E-state index contributed by atoms with van der Waals surface area (Å²) >= 11 is 0. The van der Waals surface area contributed by atoms with Crippen LogP contribution >= 0.6 is 0 Å². The summed E-state index contributed by atoms with van der Waals surface area (Å²) in [5, 5.41) is 20.8. The van der Waals surface area contributed by atoms with Crippen molar-refractivity contribution < 1.29 is 4.39 Å². The zero-order valence-corrected chi connectivity index (χ0v) is 15.6. The molecule has 5 nitrogen and oxygen atoms in total. The van der Waals surface area contributed by atoms with Crippen LogP contribution in [0.5, 0.6) is 0 Å². The molecule has 2 aromatic heterocycles. The predicted octanol–water partition coefficient (Wildman–Crippen LogP) is 4.33. The van der Waals surface area contributed by atoms with E-state index in [0.29, 0.717) is 35.2 Å². The minimum absolute atomic E-state index is 0.255. The van der Waals surface area contributed by atoms with Crippen LogP contribution in [-0.2, 0) is 5.41 Å². The molecule has 2 heterocycles. The summed E-state index contributed by atoms with van der Waals surface area (Å²) in [5.74, 6) is 0.925. The van der Waals surface area contributed by atoms with Crippen LogP contribution in [0.15, 0.2) is 54.7 Å². The van der Waals surface area contributed by atoms with E-state index in [1.807, 2.05) is 24.3 Å². The molecule has 0 bridgehead atoms. The van der Waals surface area contributed by atoms with Gasteiger partial charge in [-0.25, -0.2) is 4.39 Å². The molecule has 0 amide bonds. The smallest absolute Gasteiger partial charge is 0.148 e. The van der Waals surface area contributed by atoms with E-state index in [9.17, 15) is 4.39 Å². The first-order valence-corrected chi connectivity index (χ1v) is 9.29. The number of nitrogens with one attached hydrogen (secondary N) is 1. The standard InChI is InChI=1S/C22H20FN5/c1-15-11-22(12-15,21-18(23)6-3-9-25-21)14-26-20-8-7-19(27-28-20)17-5-2-4-16(10-17)13-24/h2-10,15H,11-12,14H2,1H3,(H,26,28)/t15-,22+. The van der Waals surface area contributed by atoms with E-state index < -0.39 is 0 Å². The van der Waals surface area contributed by atoms with E-state index in [1.54, 1.807) is 24.4 Å². The normalized spacial score (nSPS) is 20.8. The molecule has 0 radical (unpaired) electrons. The molecule has 0 saturated heterocycles. The van der Waals surface area contributed by atoms with Crippen molar-refractivity contribution in [3.05, 3.63) is 71.8 Å². The van der Waals surface area contributed by atoms with Crippen molar-refractivity contribution in [3.63, 3.8) is 0 Å². The van der Waals surface area contributed by atoms with Crippen LogP contribution in [-0.4, -0.2) is 21.7 Å². The topological polar surface area (TPSA) is 74.5 Å². The van der Waals surface area contributed by atoms with Gasteiger partial charge in [0.15, 0.2) is 0 Å². The Kier molecular flexibility index (Phi) is 4.74. The lowest BCUT2D eigenvalue weighted by Crippen LogP contribution is -2.47. The summed E-state index contributed by atoms with van der Waals surface area (Å²) in [6.07, 6.45) is 3.42. The van der Waals surface area contributed by atoms with E-state index in [2.05, 4.69) is 33.5 Å². The van der Waals surface area contributed by atoms with Gasteiger partial charge in [0.2, 0.25) is 0 Å². The molecule has 6 heteroatoms. The Hall–Kier alpha value is -3.33. The van der Waals surface area contributed by atoms with Crippen molar-refractivity contribution in [1.82, 2.24) is 15.2 Å². The number of benzene rings is 1. The number of aromatic nitrogens is 3. The third-order valence-corrected chi connectivity index (χ3v) is 5.30. The van der Waals surface area contributed by atoms with Gasteiger partial charge in [-0.05, 0) is 55.2 Å². The Morgan fingerprint density at radius 1 is 1.18 bits per heavy atom. The van der Waals surface area contributed by atoms with Gasteiger partial charge in [0, 0.05) is 23.7 Å². The van der Waals surface area contributed by atoms with Gasteiger partial charge in [0.05, 0.1) is 23.0 Å². The number of halogens is 1. The molecule has 1 aliphatic carbocycles. The second-order valence-corrected chi connectivity index (χ2v) is 7.48. The van der Waals surface area contributed by atoms with Crippen molar-refractivity contribution in [2.24, 2.45) is 5.92 Å². The number of nitrogens with zero attached hydrogens (tertiary/aromatic N) is 4. The Bertz CT molecular complexity index is 1020. The zero-order chi connectivity index (χ0) is 19.6. The van der Waals surface area contributed by atoms with Crippen LogP contribution in [0, 0.1) is 23.1 Å². The fraction of sp³-hybridized carbons (Fsp3) is 0.273. The number of nitriles is 1. The van der Waals surface area contributed by atoms with E-state index in [0.717, 1.165) is 18.4 Å². The molecule has 140 valence electrons. The third kappa shape index (κ3) is 3.44. The fourth-order valence-electron chi connectivity index (χ4n) is 4.06. The second-order valence-electron chi connectivity index (χ2n) is 7.48. The van der Waals surface area contributed by atoms with Crippen LogP contribution < -0.4 is 5.32 Å². The first kappa shape index (κ1) is 18.1. The van der Waals surface area contributed by atoms with Crippen LogP contribution in [0.25, 0.3) is 11.3 Å². The number of rotatable bonds is 5. The lowest BCUT2D eigenvalue weighted by atomic mass is 9.60. The van der Waals surface area contributed by atoms with Crippen molar-refractivity contribution in [2.45, 2.75) is 25.2 Å². The highest BCUT2D eigenvalue weighted by molar-refractivity contribution is 5.61. The molecule has 1 fully saturated rings. The van der Waals surface area contributed by atoms with Gasteiger partial charge in [0.25, 0.3) is 0 Å². The highest BCUT2D eigenvalue weighted by atomic mass is 19.1. The number of hydrogen-bond acceptors (Lipinski definition) is 5. The van der Waals surface area contributed by atoms with Gasteiger partial charge < -0.3 is 5.32 Å².